The lowest BCUT2D eigenvalue weighted by molar-refractivity contribution is 0.195. The van der Waals surface area contributed by atoms with Gasteiger partial charge in [-0.3, -0.25) is 0 Å². The lowest BCUT2D eigenvalue weighted by Crippen LogP contribution is -2.62. The van der Waals surface area contributed by atoms with Gasteiger partial charge < -0.3 is 14.7 Å². The molecule has 2 atom stereocenters. The van der Waals surface area contributed by atoms with Gasteiger partial charge in [-0.25, -0.2) is 0 Å². The Morgan fingerprint density at radius 3 is 1.35 bits per heavy atom. The van der Waals surface area contributed by atoms with Crippen molar-refractivity contribution in [1.82, 2.24) is 0 Å². The molecule has 0 spiro atoms. The molecule has 3 aliphatic heterocycles. The number of benzene rings is 7. The Morgan fingerprint density at radius 2 is 0.812 bits per heavy atom. The molecule has 3 heterocycles. The van der Waals surface area contributed by atoms with Crippen LogP contribution in [0, 0.1) is 0 Å². The minimum absolute atomic E-state index is 0.0158. The van der Waals surface area contributed by atoms with Crippen LogP contribution in [0.4, 0.5) is 45.5 Å². The summed E-state index contributed by atoms with van der Waals surface area (Å²) < 4.78 is 0. The summed E-state index contributed by atoms with van der Waals surface area (Å²) in [5.41, 5.74) is 27.5. The van der Waals surface area contributed by atoms with E-state index < -0.39 is 0 Å². The molecule has 7 aromatic carbocycles. The lowest BCUT2D eigenvalue weighted by Gasteiger charge is -2.51. The summed E-state index contributed by atoms with van der Waals surface area (Å²) in [6.07, 6.45) is 4.76. The van der Waals surface area contributed by atoms with Crippen LogP contribution in [0.1, 0.15) is 227 Å². The van der Waals surface area contributed by atoms with E-state index in [1.54, 1.807) is 0 Å². The Bertz CT molecular complexity index is 3650. The van der Waals surface area contributed by atoms with Crippen molar-refractivity contribution < 1.29 is 0 Å². The first-order valence-electron chi connectivity index (χ1n) is 30.5. The molecule has 2 aliphatic carbocycles. The van der Waals surface area contributed by atoms with Gasteiger partial charge in [0.25, 0.3) is 6.71 Å². The van der Waals surface area contributed by atoms with Crippen molar-refractivity contribution in [2.75, 3.05) is 14.7 Å². The van der Waals surface area contributed by atoms with E-state index >= 15 is 0 Å². The van der Waals surface area contributed by atoms with Crippen molar-refractivity contribution in [2.24, 2.45) is 0 Å². The Hall–Kier alpha value is -6.00. The Kier molecular flexibility index (Phi) is 11.8. The second kappa shape index (κ2) is 17.3. The fourth-order valence-electron chi connectivity index (χ4n) is 15.4. The van der Waals surface area contributed by atoms with E-state index in [0.29, 0.717) is 0 Å². The van der Waals surface area contributed by atoms with Gasteiger partial charge in [0.2, 0.25) is 0 Å². The van der Waals surface area contributed by atoms with Crippen molar-refractivity contribution in [2.45, 2.75) is 220 Å². The van der Waals surface area contributed by atoms with Gasteiger partial charge in [-0.2, -0.15) is 0 Å². The van der Waals surface area contributed by atoms with Crippen LogP contribution in [0.5, 0.6) is 0 Å². The quantitative estimate of drug-likeness (QED) is 0.163. The minimum Gasteiger partial charge on any atom is -0.334 e. The van der Waals surface area contributed by atoms with E-state index in [1.807, 2.05) is 0 Å². The zero-order chi connectivity index (χ0) is 57.6. The predicted octanol–water partition coefficient (Wildman–Crippen LogP) is 19.0. The Labute approximate surface area is 483 Å². The van der Waals surface area contributed by atoms with Gasteiger partial charge in [0.1, 0.15) is 0 Å². The number of hydrogen-bond acceptors (Lipinski definition) is 3. The van der Waals surface area contributed by atoms with E-state index in [9.17, 15) is 0 Å². The third-order valence-electron chi connectivity index (χ3n) is 20.8. The maximum absolute atomic E-state index is 2.86. The third-order valence-corrected chi connectivity index (χ3v) is 20.8. The molecule has 0 amide bonds. The van der Waals surface area contributed by atoms with Gasteiger partial charge in [-0.1, -0.05) is 224 Å². The topological polar surface area (TPSA) is 9.72 Å². The van der Waals surface area contributed by atoms with Crippen LogP contribution in [-0.4, -0.2) is 12.3 Å². The molecule has 1 fully saturated rings. The predicted molar refractivity (Wildman–Crippen MR) is 347 cm³/mol. The molecular formula is C76H92BN3. The van der Waals surface area contributed by atoms with Gasteiger partial charge in [-0.05, 0) is 173 Å². The monoisotopic (exact) mass is 1060 g/mol. The molecule has 4 heteroatoms. The van der Waals surface area contributed by atoms with Crippen LogP contribution in [-0.2, 0) is 43.3 Å². The van der Waals surface area contributed by atoms with Gasteiger partial charge in [0, 0.05) is 61.7 Å². The number of hydrogen-bond donors (Lipinski definition) is 0. The molecular weight excluding hydrogens is 966 g/mol. The molecule has 3 nitrogen and oxygen atoms in total. The maximum Gasteiger partial charge on any atom is 0.252 e. The molecule has 2 unspecified atom stereocenters. The van der Waals surface area contributed by atoms with Crippen LogP contribution in [0.15, 0.2) is 127 Å². The highest BCUT2D eigenvalue weighted by Crippen LogP contribution is 2.63. The highest BCUT2D eigenvalue weighted by atomic mass is 15.3. The summed E-state index contributed by atoms with van der Waals surface area (Å²) in [6.45, 7) is 50.7. The first-order chi connectivity index (χ1) is 37.1. The zero-order valence-electron chi connectivity index (χ0n) is 52.9. The molecule has 0 saturated heterocycles. The molecule has 0 radical (unpaired) electrons. The van der Waals surface area contributed by atoms with E-state index in [1.165, 1.54) is 137 Å². The Morgan fingerprint density at radius 1 is 0.350 bits per heavy atom. The normalized spacial score (nSPS) is 20.8. The molecule has 0 N–H and O–H groups in total. The smallest absolute Gasteiger partial charge is 0.252 e. The molecule has 0 aromatic heterocycles. The highest BCUT2D eigenvalue weighted by molar-refractivity contribution is 7.00. The molecule has 0 bridgehead atoms. The fourth-order valence-corrected chi connectivity index (χ4v) is 15.4. The van der Waals surface area contributed by atoms with Crippen LogP contribution in [0.3, 0.4) is 0 Å². The van der Waals surface area contributed by atoms with Gasteiger partial charge in [0.15, 0.2) is 0 Å². The average molecular weight is 1060 g/mol. The van der Waals surface area contributed by atoms with Crippen molar-refractivity contribution in [3.8, 4) is 0 Å². The van der Waals surface area contributed by atoms with E-state index in [-0.39, 0.29) is 55.6 Å². The van der Waals surface area contributed by atoms with Gasteiger partial charge in [0.05, 0.1) is 5.54 Å². The fraction of sp³-hybridized carbons (Fsp3) is 0.447. The van der Waals surface area contributed by atoms with E-state index in [2.05, 4.69) is 287 Å². The molecule has 414 valence electrons. The zero-order valence-corrected chi connectivity index (χ0v) is 52.9. The first kappa shape index (κ1) is 54.6. The van der Waals surface area contributed by atoms with Crippen LogP contribution < -0.4 is 31.1 Å². The maximum atomic E-state index is 2.86. The average Bonchev–Trinajstić information content (AvgIpc) is 3.64. The number of nitrogens with zero attached hydrogens (tertiary/aromatic N) is 3. The second-order valence-corrected chi connectivity index (χ2v) is 32.0. The van der Waals surface area contributed by atoms with Crippen LogP contribution in [0.2, 0.25) is 0 Å². The number of rotatable bonds is 3. The van der Waals surface area contributed by atoms with Crippen molar-refractivity contribution in [1.29, 1.82) is 0 Å². The molecule has 12 rings (SSSR count). The van der Waals surface area contributed by atoms with Crippen molar-refractivity contribution in [3.63, 3.8) is 0 Å². The summed E-state index contributed by atoms with van der Waals surface area (Å²) in [5, 5.41) is 0. The summed E-state index contributed by atoms with van der Waals surface area (Å²) in [7, 11) is 0. The number of fused-ring (bicyclic) bond motifs is 9. The molecule has 5 aliphatic rings. The van der Waals surface area contributed by atoms with Gasteiger partial charge >= 0.3 is 0 Å². The molecule has 1 saturated carbocycles. The Balaban J connectivity index is 1.26. The summed E-state index contributed by atoms with van der Waals surface area (Å²) in [5.74, 6) is 0. The summed E-state index contributed by atoms with van der Waals surface area (Å²) in [6, 6.07) is 52.3. The lowest BCUT2D eigenvalue weighted by atomic mass is 9.33. The number of anilines is 8. The second-order valence-electron chi connectivity index (χ2n) is 32.0. The van der Waals surface area contributed by atoms with Crippen LogP contribution in [0.25, 0.3) is 0 Å². The van der Waals surface area contributed by atoms with E-state index in [4.69, 9.17) is 0 Å². The van der Waals surface area contributed by atoms with Gasteiger partial charge in [-0.15, -0.1) is 0 Å². The molecule has 80 heavy (non-hydrogen) atoms. The molecule has 7 aromatic rings. The third kappa shape index (κ3) is 8.00. The first-order valence-corrected chi connectivity index (χ1v) is 30.5. The standard InChI is InChI=1S/C76H92BN3/c1-68(2,3)47-28-32-52(33-29-47)78-63-35-31-49(70(7,8)9)42-60(63)77-61-45-57-58(74(18,19)56-27-23-22-26-55(56)73(57,16)17)46-64(61)79(53-39-50(71(10,11)12)38-51(40-53)72(13,14)15)66-44-54(43-65(78)67(66)77)80-62-34-30-48(69(4,5)6)41-59(62)75(20)36-24-25-37-76(75,80)21/h22-23,26-35,38-46H,24-25,36-37H2,1-21H3. The summed E-state index contributed by atoms with van der Waals surface area (Å²) >= 11 is 0. The minimum atomic E-state index is -0.246. The largest absolute Gasteiger partial charge is 0.334 e. The SMILES string of the molecule is CC(C)(C)c1ccc(N2c3ccc(C(C)(C)C)cc3B3c4cc5c(cc4N(c4cc(C(C)(C)C)cc(C(C)(C)C)c4)c4cc(N6c7ccc(C(C)(C)C)cc7C7(C)CCCCC67C)cc2c43)C(C)(C)c2ccccc2C5(C)C)cc1. The van der Waals surface area contributed by atoms with Crippen LogP contribution >= 0.6 is 0 Å². The van der Waals surface area contributed by atoms with Crippen molar-refractivity contribution in [3.05, 3.63) is 183 Å². The summed E-state index contributed by atoms with van der Waals surface area (Å²) in [4.78, 5) is 8.30. The van der Waals surface area contributed by atoms with E-state index in [0.717, 1.165) is 6.42 Å². The highest BCUT2D eigenvalue weighted by Gasteiger charge is 2.59. The van der Waals surface area contributed by atoms with Crippen molar-refractivity contribution >= 4 is 68.6 Å².